The molecule has 1 heterocycles. The number of carbonyl (C=O) groups is 1. The van der Waals surface area contributed by atoms with E-state index in [-0.39, 0.29) is 11.4 Å². The van der Waals surface area contributed by atoms with E-state index in [1.54, 1.807) is 18.9 Å². The Labute approximate surface area is 140 Å². The SMILES string of the molecule is COc1ccc(NC(=O)N2CCS[C@H]2c2ccc(C)cc2)cc1. The largest absolute Gasteiger partial charge is 0.497 e. The lowest BCUT2D eigenvalue weighted by atomic mass is 10.1. The quantitative estimate of drug-likeness (QED) is 0.914. The van der Waals surface area contributed by atoms with Crippen LogP contribution in [0.3, 0.4) is 0 Å². The molecule has 4 nitrogen and oxygen atoms in total. The molecule has 1 aliphatic rings. The second-order valence-corrected chi connectivity index (χ2v) is 6.67. The van der Waals surface area contributed by atoms with E-state index in [9.17, 15) is 4.79 Å². The van der Waals surface area contributed by atoms with E-state index in [4.69, 9.17) is 4.74 Å². The van der Waals surface area contributed by atoms with Gasteiger partial charge in [-0.15, -0.1) is 11.8 Å². The van der Waals surface area contributed by atoms with Crippen LogP contribution >= 0.6 is 11.8 Å². The van der Waals surface area contributed by atoms with Crippen LogP contribution in [0.5, 0.6) is 5.75 Å². The molecular formula is C18H20N2O2S. The number of amides is 2. The normalized spacial score (nSPS) is 17.1. The highest BCUT2D eigenvalue weighted by Crippen LogP contribution is 2.38. The van der Waals surface area contributed by atoms with E-state index in [2.05, 4.69) is 36.5 Å². The number of carbonyl (C=O) groups excluding carboxylic acids is 1. The second-order valence-electron chi connectivity index (χ2n) is 5.49. The van der Waals surface area contributed by atoms with E-state index in [0.717, 1.165) is 23.7 Å². The number of nitrogens with zero attached hydrogens (tertiary/aromatic N) is 1. The third-order valence-electron chi connectivity index (χ3n) is 3.86. The molecule has 0 saturated carbocycles. The average Bonchev–Trinajstić information content (AvgIpc) is 3.06. The van der Waals surface area contributed by atoms with Gasteiger partial charge in [-0.25, -0.2) is 4.79 Å². The van der Waals surface area contributed by atoms with E-state index in [1.807, 2.05) is 29.2 Å². The minimum absolute atomic E-state index is 0.0641. The van der Waals surface area contributed by atoms with Crippen LogP contribution < -0.4 is 10.1 Å². The molecule has 0 unspecified atom stereocenters. The molecule has 0 spiro atoms. The van der Waals surface area contributed by atoms with E-state index in [1.165, 1.54) is 11.1 Å². The summed E-state index contributed by atoms with van der Waals surface area (Å²) in [4.78, 5) is 14.5. The number of methoxy groups -OCH3 is 1. The highest BCUT2D eigenvalue weighted by atomic mass is 32.2. The lowest BCUT2D eigenvalue weighted by Gasteiger charge is -2.24. The summed E-state index contributed by atoms with van der Waals surface area (Å²) < 4.78 is 5.13. The van der Waals surface area contributed by atoms with Crippen molar-refractivity contribution in [3.8, 4) is 5.75 Å². The smallest absolute Gasteiger partial charge is 0.323 e. The molecule has 2 aromatic rings. The average molecular weight is 328 g/mol. The van der Waals surface area contributed by atoms with Crippen molar-refractivity contribution in [2.75, 3.05) is 24.7 Å². The Hall–Kier alpha value is -2.14. The molecule has 1 atom stereocenters. The summed E-state index contributed by atoms with van der Waals surface area (Å²) >= 11 is 1.80. The predicted molar refractivity (Wildman–Crippen MR) is 95.1 cm³/mol. The molecule has 120 valence electrons. The Morgan fingerprint density at radius 3 is 2.52 bits per heavy atom. The van der Waals surface area contributed by atoms with Crippen LogP contribution in [-0.4, -0.2) is 30.3 Å². The van der Waals surface area contributed by atoms with E-state index >= 15 is 0 Å². The molecule has 23 heavy (non-hydrogen) atoms. The maximum Gasteiger partial charge on any atom is 0.323 e. The molecule has 1 saturated heterocycles. The fourth-order valence-corrected chi connectivity index (χ4v) is 3.81. The first-order valence-corrected chi connectivity index (χ1v) is 8.62. The minimum Gasteiger partial charge on any atom is -0.497 e. The van der Waals surface area contributed by atoms with Gasteiger partial charge in [0.1, 0.15) is 11.1 Å². The summed E-state index contributed by atoms with van der Waals surface area (Å²) in [5, 5.41) is 3.04. The summed E-state index contributed by atoms with van der Waals surface area (Å²) in [6.45, 7) is 2.82. The summed E-state index contributed by atoms with van der Waals surface area (Å²) in [5.74, 6) is 1.73. The Morgan fingerprint density at radius 1 is 1.17 bits per heavy atom. The third-order valence-corrected chi connectivity index (χ3v) is 5.12. The molecule has 0 radical (unpaired) electrons. The van der Waals surface area contributed by atoms with Crippen LogP contribution in [0.1, 0.15) is 16.5 Å². The van der Waals surface area contributed by atoms with Gasteiger partial charge < -0.3 is 15.0 Å². The zero-order valence-electron chi connectivity index (χ0n) is 13.3. The van der Waals surface area contributed by atoms with Gasteiger partial charge in [0.15, 0.2) is 0 Å². The zero-order valence-corrected chi connectivity index (χ0v) is 14.1. The molecule has 2 amide bonds. The first-order chi connectivity index (χ1) is 11.2. The van der Waals surface area contributed by atoms with Crippen molar-refractivity contribution < 1.29 is 9.53 Å². The number of hydrogen-bond acceptors (Lipinski definition) is 3. The summed E-state index contributed by atoms with van der Waals surface area (Å²) in [7, 11) is 1.63. The third kappa shape index (κ3) is 3.62. The molecule has 0 aliphatic carbocycles. The number of rotatable bonds is 3. The number of nitrogens with one attached hydrogen (secondary N) is 1. The fourth-order valence-electron chi connectivity index (χ4n) is 2.55. The topological polar surface area (TPSA) is 41.6 Å². The molecule has 3 rings (SSSR count). The molecule has 1 fully saturated rings. The van der Waals surface area contributed by atoms with Crippen LogP contribution in [0.15, 0.2) is 48.5 Å². The number of hydrogen-bond donors (Lipinski definition) is 1. The van der Waals surface area contributed by atoms with E-state index < -0.39 is 0 Å². The molecule has 1 N–H and O–H groups in total. The van der Waals surface area contributed by atoms with Crippen LogP contribution in [0.25, 0.3) is 0 Å². The van der Waals surface area contributed by atoms with Gasteiger partial charge in [-0.2, -0.15) is 0 Å². The van der Waals surface area contributed by atoms with Gasteiger partial charge in [-0.3, -0.25) is 0 Å². The van der Waals surface area contributed by atoms with Crippen molar-refractivity contribution >= 4 is 23.5 Å². The van der Waals surface area contributed by atoms with Crippen molar-refractivity contribution in [3.05, 3.63) is 59.7 Å². The van der Waals surface area contributed by atoms with Gasteiger partial charge in [0.2, 0.25) is 0 Å². The predicted octanol–water partition coefficient (Wildman–Crippen LogP) is 4.28. The number of anilines is 1. The van der Waals surface area contributed by atoms with Gasteiger partial charge in [0, 0.05) is 18.0 Å². The first-order valence-electron chi connectivity index (χ1n) is 7.57. The number of benzene rings is 2. The number of aryl methyl sites for hydroxylation is 1. The van der Waals surface area contributed by atoms with E-state index in [0.29, 0.717) is 0 Å². The van der Waals surface area contributed by atoms with Crippen molar-refractivity contribution in [3.63, 3.8) is 0 Å². The van der Waals surface area contributed by atoms with Gasteiger partial charge in [-0.05, 0) is 36.8 Å². The number of ether oxygens (including phenoxy) is 1. The molecular weight excluding hydrogens is 308 g/mol. The monoisotopic (exact) mass is 328 g/mol. The second kappa shape index (κ2) is 6.96. The Bertz CT molecular complexity index is 670. The highest BCUT2D eigenvalue weighted by molar-refractivity contribution is 7.99. The van der Waals surface area contributed by atoms with Crippen LogP contribution in [0, 0.1) is 6.92 Å². The van der Waals surface area contributed by atoms with Crippen molar-refractivity contribution in [1.29, 1.82) is 0 Å². The van der Waals surface area contributed by atoms with Crippen LogP contribution in [0.2, 0.25) is 0 Å². The lowest BCUT2D eigenvalue weighted by molar-refractivity contribution is 0.214. The van der Waals surface area contributed by atoms with Crippen LogP contribution in [-0.2, 0) is 0 Å². The first kappa shape index (κ1) is 15.7. The summed E-state index contributed by atoms with van der Waals surface area (Å²) in [5.41, 5.74) is 3.17. The zero-order chi connectivity index (χ0) is 16.2. The minimum atomic E-state index is -0.0641. The fraction of sp³-hybridized carbons (Fsp3) is 0.278. The molecule has 0 bridgehead atoms. The lowest BCUT2D eigenvalue weighted by Crippen LogP contribution is -2.34. The Balaban J connectivity index is 1.71. The summed E-state index contributed by atoms with van der Waals surface area (Å²) in [6, 6.07) is 15.7. The highest BCUT2D eigenvalue weighted by Gasteiger charge is 2.30. The van der Waals surface area contributed by atoms with Crippen LogP contribution in [0.4, 0.5) is 10.5 Å². The number of urea groups is 1. The maximum absolute atomic E-state index is 12.6. The van der Waals surface area contributed by atoms with Crippen molar-refractivity contribution in [2.45, 2.75) is 12.3 Å². The molecule has 2 aromatic carbocycles. The number of thioether (sulfide) groups is 1. The summed E-state index contributed by atoms with van der Waals surface area (Å²) in [6.07, 6.45) is 0. The Morgan fingerprint density at radius 2 is 1.87 bits per heavy atom. The Kier molecular flexibility index (Phi) is 4.76. The van der Waals surface area contributed by atoms with Gasteiger partial charge in [0.25, 0.3) is 0 Å². The molecule has 5 heteroatoms. The van der Waals surface area contributed by atoms with Gasteiger partial charge in [-0.1, -0.05) is 29.8 Å². The van der Waals surface area contributed by atoms with Crippen molar-refractivity contribution in [1.82, 2.24) is 4.90 Å². The van der Waals surface area contributed by atoms with Gasteiger partial charge in [0.05, 0.1) is 7.11 Å². The molecule has 0 aromatic heterocycles. The molecule has 1 aliphatic heterocycles. The van der Waals surface area contributed by atoms with Gasteiger partial charge >= 0.3 is 6.03 Å². The standard InChI is InChI=1S/C18H20N2O2S/c1-13-3-5-14(6-4-13)17-20(11-12-23-17)18(21)19-15-7-9-16(22-2)10-8-15/h3-10,17H,11-12H2,1-2H3,(H,19,21)/t17-/m0/s1. The maximum atomic E-state index is 12.6. The van der Waals surface area contributed by atoms with Crippen molar-refractivity contribution in [2.24, 2.45) is 0 Å².